The zero-order valence-electron chi connectivity index (χ0n) is 17.7. The monoisotopic (exact) mass is 415 g/mol. The summed E-state index contributed by atoms with van der Waals surface area (Å²) in [5.41, 5.74) is 1.30. The number of benzene rings is 1. The molecule has 4 rings (SSSR count). The maximum atomic E-state index is 15.4. The van der Waals surface area contributed by atoms with Gasteiger partial charge < -0.3 is 15.0 Å². The first-order valence-electron chi connectivity index (χ1n) is 11.0. The van der Waals surface area contributed by atoms with E-state index in [1.54, 1.807) is 12.1 Å². The van der Waals surface area contributed by atoms with E-state index in [9.17, 15) is 9.59 Å². The number of halogens is 1. The molecule has 2 amide bonds. The minimum absolute atomic E-state index is 0.0548. The van der Waals surface area contributed by atoms with E-state index >= 15 is 4.39 Å². The van der Waals surface area contributed by atoms with E-state index in [0.29, 0.717) is 29.7 Å². The lowest BCUT2D eigenvalue weighted by Crippen LogP contribution is -2.49. The van der Waals surface area contributed by atoms with Crippen molar-refractivity contribution in [1.29, 1.82) is 0 Å². The Balaban J connectivity index is 1.53. The molecule has 1 aliphatic carbocycles. The molecule has 0 radical (unpaired) electrons. The van der Waals surface area contributed by atoms with E-state index in [0.717, 1.165) is 32.4 Å². The van der Waals surface area contributed by atoms with Gasteiger partial charge in [-0.2, -0.15) is 0 Å². The van der Waals surface area contributed by atoms with Gasteiger partial charge in [0.2, 0.25) is 5.91 Å². The van der Waals surface area contributed by atoms with Crippen molar-refractivity contribution in [1.82, 2.24) is 15.1 Å². The fourth-order valence-electron chi connectivity index (χ4n) is 5.07. The second-order valence-corrected chi connectivity index (χ2v) is 8.36. The van der Waals surface area contributed by atoms with Crippen LogP contribution in [0.5, 0.6) is 5.75 Å². The van der Waals surface area contributed by atoms with Crippen LogP contribution in [-0.4, -0.2) is 52.9 Å². The zero-order valence-corrected chi connectivity index (χ0v) is 17.7. The lowest BCUT2D eigenvalue weighted by Gasteiger charge is -2.31. The van der Waals surface area contributed by atoms with Crippen LogP contribution in [0.25, 0.3) is 0 Å². The first kappa shape index (κ1) is 20.8. The first-order chi connectivity index (χ1) is 14.4. The standard InChI is InChI=1S/C23H30FN3O3/c1-4-26(5-2)17-7-6-8-19(17)30-20-12-10-15-16(21(20)24)13-27(23(15)29)18-11-9-14(3)25-22(18)28/h10,12,17-19H,3-9,11,13H2,1-2H3,(H,25,28). The van der Waals surface area contributed by atoms with E-state index < -0.39 is 11.9 Å². The number of amides is 2. The fourth-order valence-corrected chi connectivity index (χ4v) is 5.07. The molecule has 6 nitrogen and oxygen atoms in total. The van der Waals surface area contributed by atoms with Gasteiger partial charge in [-0.3, -0.25) is 14.5 Å². The van der Waals surface area contributed by atoms with Crippen LogP contribution >= 0.6 is 0 Å². The van der Waals surface area contributed by atoms with Crippen LogP contribution in [0.2, 0.25) is 0 Å². The number of fused-ring (bicyclic) bond motifs is 1. The van der Waals surface area contributed by atoms with Gasteiger partial charge in [0.05, 0.1) is 6.54 Å². The molecule has 2 fully saturated rings. The first-order valence-corrected chi connectivity index (χ1v) is 11.0. The van der Waals surface area contributed by atoms with Gasteiger partial charge in [-0.15, -0.1) is 0 Å². The number of nitrogens with one attached hydrogen (secondary N) is 1. The summed E-state index contributed by atoms with van der Waals surface area (Å²) in [6.07, 6.45) is 4.07. The molecule has 1 saturated heterocycles. The van der Waals surface area contributed by atoms with Gasteiger partial charge in [0.1, 0.15) is 12.1 Å². The van der Waals surface area contributed by atoms with Gasteiger partial charge >= 0.3 is 0 Å². The highest BCUT2D eigenvalue weighted by Gasteiger charge is 2.40. The molecule has 2 aliphatic heterocycles. The maximum absolute atomic E-state index is 15.4. The van der Waals surface area contributed by atoms with E-state index in [2.05, 4.69) is 30.6 Å². The average molecular weight is 416 g/mol. The Bertz CT molecular complexity index is 867. The number of hydrogen-bond donors (Lipinski definition) is 1. The van der Waals surface area contributed by atoms with Crippen molar-refractivity contribution < 1.29 is 18.7 Å². The summed E-state index contributed by atoms with van der Waals surface area (Å²) in [5, 5.41) is 2.70. The van der Waals surface area contributed by atoms with Crippen molar-refractivity contribution in [3.63, 3.8) is 0 Å². The highest BCUT2D eigenvalue weighted by atomic mass is 19.1. The number of rotatable bonds is 6. The molecule has 3 aliphatic rings. The number of nitrogens with zero attached hydrogens (tertiary/aromatic N) is 2. The molecule has 7 heteroatoms. The number of carbonyl (C=O) groups is 2. The van der Waals surface area contributed by atoms with Crippen molar-refractivity contribution in [2.75, 3.05) is 13.1 Å². The molecule has 1 aromatic carbocycles. The van der Waals surface area contributed by atoms with Crippen molar-refractivity contribution in [2.45, 2.75) is 70.7 Å². The Morgan fingerprint density at radius 3 is 2.70 bits per heavy atom. The maximum Gasteiger partial charge on any atom is 0.255 e. The fraction of sp³-hybridized carbons (Fsp3) is 0.565. The second kappa shape index (κ2) is 8.38. The molecule has 1 N–H and O–H groups in total. The molecule has 2 heterocycles. The molecule has 1 saturated carbocycles. The number of hydrogen-bond acceptors (Lipinski definition) is 4. The van der Waals surface area contributed by atoms with Gasteiger partial charge in [-0.05, 0) is 57.3 Å². The quantitative estimate of drug-likeness (QED) is 0.775. The average Bonchev–Trinajstić information content (AvgIpc) is 3.31. The summed E-state index contributed by atoms with van der Waals surface area (Å²) in [6, 6.07) is 2.89. The molecule has 3 unspecified atom stereocenters. The van der Waals surface area contributed by atoms with E-state index in [1.807, 2.05) is 0 Å². The van der Waals surface area contributed by atoms with Crippen molar-refractivity contribution >= 4 is 11.8 Å². The number of carbonyl (C=O) groups excluding carboxylic acids is 2. The summed E-state index contributed by atoms with van der Waals surface area (Å²) in [4.78, 5) is 29.0. The SMILES string of the molecule is C=C1CCC(N2Cc3c(ccc(OC4CCCC4N(CC)CC)c3F)C2=O)C(=O)N1. The summed E-state index contributed by atoms with van der Waals surface area (Å²) in [7, 11) is 0. The molecule has 1 aromatic rings. The Labute approximate surface area is 177 Å². The van der Waals surface area contributed by atoms with Crippen molar-refractivity contribution in [2.24, 2.45) is 0 Å². The van der Waals surface area contributed by atoms with Crippen LogP contribution in [0.3, 0.4) is 0 Å². The molecule has 162 valence electrons. The Kier molecular flexibility index (Phi) is 5.82. The summed E-state index contributed by atoms with van der Waals surface area (Å²) < 4.78 is 21.5. The predicted octanol–water partition coefficient (Wildman–Crippen LogP) is 3.22. The minimum atomic E-state index is -0.596. The van der Waals surface area contributed by atoms with Crippen LogP contribution in [0, 0.1) is 5.82 Å². The Morgan fingerprint density at radius 2 is 2.00 bits per heavy atom. The van der Waals surface area contributed by atoms with E-state index in [-0.39, 0.29) is 36.3 Å². The third kappa shape index (κ3) is 3.60. The van der Waals surface area contributed by atoms with Gasteiger partial charge in [-0.25, -0.2) is 4.39 Å². The highest BCUT2D eigenvalue weighted by molar-refractivity contribution is 6.01. The molecular formula is C23H30FN3O3. The summed E-state index contributed by atoms with van der Waals surface area (Å²) in [5.74, 6) is -0.828. The third-order valence-corrected chi connectivity index (χ3v) is 6.70. The highest BCUT2D eigenvalue weighted by Crippen LogP contribution is 2.36. The van der Waals surface area contributed by atoms with E-state index in [4.69, 9.17) is 4.74 Å². The zero-order chi connectivity index (χ0) is 21.4. The number of ether oxygens (including phenoxy) is 1. The molecule has 3 atom stereocenters. The largest absolute Gasteiger partial charge is 0.486 e. The normalized spacial score (nSPS) is 26.3. The second-order valence-electron chi connectivity index (χ2n) is 8.36. The van der Waals surface area contributed by atoms with Crippen molar-refractivity contribution in [3.8, 4) is 5.75 Å². The van der Waals surface area contributed by atoms with Gasteiger partial charge in [0.15, 0.2) is 11.6 Å². The van der Waals surface area contributed by atoms with Crippen LogP contribution < -0.4 is 10.1 Å². The number of piperidine rings is 1. The number of likely N-dealkylation sites (N-methyl/N-ethyl adjacent to an activating group) is 1. The molecule has 30 heavy (non-hydrogen) atoms. The third-order valence-electron chi connectivity index (χ3n) is 6.70. The molecule has 0 bridgehead atoms. The lowest BCUT2D eigenvalue weighted by atomic mass is 10.0. The van der Waals surface area contributed by atoms with E-state index in [1.165, 1.54) is 4.90 Å². The van der Waals surface area contributed by atoms with Gasteiger partial charge in [0.25, 0.3) is 5.91 Å². The Morgan fingerprint density at radius 1 is 1.23 bits per heavy atom. The minimum Gasteiger partial charge on any atom is -0.486 e. The molecule has 0 spiro atoms. The Hall–Kier alpha value is -2.41. The topological polar surface area (TPSA) is 61.9 Å². The molecule has 0 aromatic heterocycles. The van der Waals surface area contributed by atoms with Crippen molar-refractivity contribution in [3.05, 3.63) is 41.4 Å². The van der Waals surface area contributed by atoms with Crippen LogP contribution in [0.4, 0.5) is 4.39 Å². The summed E-state index contributed by atoms with van der Waals surface area (Å²) >= 11 is 0. The van der Waals surface area contributed by atoms with Gasteiger partial charge in [-0.1, -0.05) is 20.4 Å². The smallest absolute Gasteiger partial charge is 0.255 e. The van der Waals surface area contributed by atoms with Crippen LogP contribution in [0.15, 0.2) is 24.4 Å². The van der Waals surface area contributed by atoms with Crippen LogP contribution in [0.1, 0.15) is 61.9 Å². The number of allylic oxidation sites excluding steroid dienone is 1. The lowest BCUT2D eigenvalue weighted by molar-refractivity contribution is -0.126. The molecular weight excluding hydrogens is 385 g/mol. The van der Waals surface area contributed by atoms with Crippen LogP contribution in [-0.2, 0) is 11.3 Å². The predicted molar refractivity (Wildman–Crippen MR) is 112 cm³/mol. The van der Waals surface area contributed by atoms with Gasteiger partial charge in [0, 0.05) is 22.9 Å². The summed E-state index contributed by atoms with van der Waals surface area (Å²) in [6.45, 7) is 10.00.